The third-order valence-corrected chi connectivity index (χ3v) is 8.34. The van der Waals surface area contributed by atoms with Crippen molar-refractivity contribution in [1.82, 2.24) is 20.2 Å². The lowest BCUT2D eigenvalue weighted by Gasteiger charge is -2.36. The Kier molecular flexibility index (Phi) is 6.33. The minimum absolute atomic E-state index is 0.660. The molecule has 41 heavy (non-hydrogen) atoms. The molecule has 2 aromatic heterocycles. The van der Waals surface area contributed by atoms with Gasteiger partial charge in [-0.2, -0.15) is 0 Å². The molecule has 0 spiro atoms. The van der Waals surface area contributed by atoms with E-state index >= 15 is 0 Å². The van der Waals surface area contributed by atoms with Crippen molar-refractivity contribution in [3.05, 3.63) is 160 Å². The second kappa shape index (κ2) is 10.3. The van der Waals surface area contributed by atoms with Gasteiger partial charge in [-0.05, 0) is 62.1 Å². The second-order valence-corrected chi connectivity index (χ2v) is 10.8. The van der Waals surface area contributed by atoms with Crippen molar-refractivity contribution in [2.24, 2.45) is 0 Å². The monoisotopic (exact) mass is 596 g/mol. The van der Waals surface area contributed by atoms with Crippen LogP contribution in [0.4, 0.5) is 0 Å². The zero-order valence-corrected chi connectivity index (χ0v) is 23.9. The molecule has 0 atom stereocenters. The smallest absolute Gasteiger partial charge is 0.183 e. The van der Waals surface area contributed by atoms with Gasteiger partial charge in [0, 0.05) is 16.5 Å². The number of fused-ring (bicyclic) bond motifs is 1. The highest BCUT2D eigenvalue weighted by Crippen LogP contribution is 2.43. The highest BCUT2D eigenvalue weighted by molar-refractivity contribution is 9.10. The molecule has 0 aliphatic carbocycles. The highest BCUT2D eigenvalue weighted by atomic mass is 79.9. The number of tetrazole rings is 1. The van der Waals surface area contributed by atoms with Crippen LogP contribution in [0.3, 0.4) is 0 Å². The molecule has 0 aliphatic rings. The summed E-state index contributed by atoms with van der Waals surface area (Å²) in [5.74, 6) is 1.45. The lowest BCUT2D eigenvalue weighted by atomic mass is 9.77. The SMILES string of the molecule is Cc1ccc2oc(-c3ccc(-c4nnnn4C(c4ccccc4)(c4ccccc4)c4ccccc4)cc3)c(Br)c2c1. The van der Waals surface area contributed by atoms with Crippen molar-refractivity contribution < 1.29 is 4.42 Å². The molecular weight excluding hydrogens is 572 g/mol. The average molecular weight is 598 g/mol. The predicted molar refractivity (Wildman–Crippen MR) is 166 cm³/mol. The van der Waals surface area contributed by atoms with Gasteiger partial charge in [0.1, 0.15) is 16.9 Å². The zero-order valence-electron chi connectivity index (χ0n) is 22.3. The van der Waals surface area contributed by atoms with Crippen LogP contribution in [0.5, 0.6) is 0 Å². The van der Waals surface area contributed by atoms with Crippen LogP contribution in [0.25, 0.3) is 33.7 Å². The Labute approximate surface area is 246 Å². The number of aryl methyl sites for hydroxylation is 1. The van der Waals surface area contributed by atoms with Crippen LogP contribution in [0.15, 0.2) is 142 Å². The molecule has 7 rings (SSSR count). The lowest BCUT2D eigenvalue weighted by Crippen LogP contribution is -2.39. The summed E-state index contributed by atoms with van der Waals surface area (Å²) in [4.78, 5) is 0. The van der Waals surface area contributed by atoms with Crippen molar-refractivity contribution in [3.8, 4) is 22.7 Å². The Bertz CT molecular complexity index is 1850. The third kappa shape index (κ3) is 4.19. The van der Waals surface area contributed by atoms with Crippen LogP contribution in [0.2, 0.25) is 0 Å². The van der Waals surface area contributed by atoms with E-state index in [1.165, 1.54) is 5.56 Å². The summed E-state index contributed by atoms with van der Waals surface area (Å²) in [6, 6.07) is 45.6. The standard InChI is InChI=1S/C35H25BrN4O/c1-24-17-22-31-30(23-24)32(36)33(41-31)25-18-20-26(21-19-25)34-37-38-39-40(34)35(27-11-5-2-6-12-27,28-13-7-3-8-14-28)29-15-9-4-10-16-29/h2-23H,1H3. The van der Waals surface area contributed by atoms with Crippen LogP contribution in [0, 0.1) is 6.92 Å². The number of rotatable bonds is 6. The van der Waals surface area contributed by atoms with Gasteiger partial charge in [0.15, 0.2) is 5.82 Å². The number of furan rings is 1. The molecule has 7 aromatic rings. The maximum atomic E-state index is 6.23. The Balaban J connectivity index is 1.41. The molecule has 0 amide bonds. The molecule has 0 radical (unpaired) electrons. The highest BCUT2D eigenvalue weighted by Gasteiger charge is 2.41. The van der Waals surface area contributed by atoms with E-state index in [1.807, 2.05) is 41.1 Å². The molecule has 0 saturated carbocycles. The summed E-state index contributed by atoms with van der Waals surface area (Å²) in [6.07, 6.45) is 0. The fourth-order valence-corrected chi connectivity index (χ4v) is 6.26. The number of hydrogen-bond donors (Lipinski definition) is 0. The lowest BCUT2D eigenvalue weighted by molar-refractivity contribution is 0.451. The summed E-state index contributed by atoms with van der Waals surface area (Å²) in [6.45, 7) is 2.08. The summed E-state index contributed by atoms with van der Waals surface area (Å²) in [5.41, 5.74) is 6.27. The molecule has 0 unspecified atom stereocenters. The Morgan fingerprint density at radius 2 is 1.20 bits per heavy atom. The molecule has 5 aromatic carbocycles. The number of halogens is 1. The predicted octanol–water partition coefficient (Wildman–Crippen LogP) is 8.66. The van der Waals surface area contributed by atoms with Gasteiger partial charge >= 0.3 is 0 Å². The normalized spacial score (nSPS) is 11.7. The Morgan fingerprint density at radius 1 is 0.659 bits per heavy atom. The van der Waals surface area contributed by atoms with Crippen LogP contribution >= 0.6 is 15.9 Å². The van der Waals surface area contributed by atoms with Gasteiger partial charge in [0.25, 0.3) is 0 Å². The molecule has 0 bridgehead atoms. The molecule has 198 valence electrons. The first-order chi connectivity index (χ1) is 20.2. The number of benzene rings is 5. The molecule has 6 heteroatoms. The maximum absolute atomic E-state index is 6.23. The maximum Gasteiger partial charge on any atom is 0.183 e. The number of nitrogens with zero attached hydrogens (tertiary/aromatic N) is 4. The van der Waals surface area contributed by atoms with Gasteiger partial charge in [-0.15, -0.1) is 5.10 Å². The third-order valence-electron chi connectivity index (χ3n) is 7.55. The van der Waals surface area contributed by atoms with Crippen molar-refractivity contribution >= 4 is 26.9 Å². The molecule has 5 nitrogen and oxygen atoms in total. The first kappa shape index (κ1) is 25.2. The Hall–Kier alpha value is -4.81. The topological polar surface area (TPSA) is 56.7 Å². The van der Waals surface area contributed by atoms with E-state index in [4.69, 9.17) is 4.42 Å². The van der Waals surface area contributed by atoms with E-state index in [-0.39, 0.29) is 0 Å². The molecule has 0 saturated heterocycles. The van der Waals surface area contributed by atoms with Crippen LogP contribution in [-0.2, 0) is 5.54 Å². The van der Waals surface area contributed by atoms with Crippen molar-refractivity contribution in [3.63, 3.8) is 0 Å². The summed E-state index contributed by atoms with van der Waals surface area (Å²) >= 11 is 3.77. The fraction of sp³-hybridized carbons (Fsp3) is 0.0571. The van der Waals surface area contributed by atoms with Crippen LogP contribution in [-0.4, -0.2) is 20.2 Å². The average Bonchev–Trinajstić information content (AvgIpc) is 3.65. The number of aromatic nitrogens is 4. The van der Waals surface area contributed by atoms with Gasteiger partial charge in [0.2, 0.25) is 0 Å². The fourth-order valence-electron chi connectivity index (χ4n) is 5.64. The van der Waals surface area contributed by atoms with E-state index < -0.39 is 5.54 Å². The molecule has 2 heterocycles. The first-order valence-electron chi connectivity index (χ1n) is 13.4. The molecule has 0 fully saturated rings. The van der Waals surface area contributed by atoms with E-state index in [2.05, 4.69) is 135 Å². The minimum Gasteiger partial charge on any atom is -0.455 e. The second-order valence-electron chi connectivity index (χ2n) is 10.0. The molecule has 0 N–H and O–H groups in total. The van der Waals surface area contributed by atoms with E-state index in [9.17, 15) is 0 Å². The minimum atomic E-state index is -0.805. The van der Waals surface area contributed by atoms with Crippen LogP contribution < -0.4 is 0 Å². The van der Waals surface area contributed by atoms with Gasteiger partial charge in [0.05, 0.1) is 4.47 Å². The van der Waals surface area contributed by atoms with Crippen molar-refractivity contribution in [2.75, 3.05) is 0 Å². The van der Waals surface area contributed by atoms with E-state index in [0.29, 0.717) is 5.82 Å². The summed E-state index contributed by atoms with van der Waals surface area (Å²) < 4.78 is 9.12. The first-order valence-corrected chi connectivity index (χ1v) is 14.2. The number of hydrogen-bond acceptors (Lipinski definition) is 4. The quantitative estimate of drug-likeness (QED) is 0.180. The van der Waals surface area contributed by atoms with Gasteiger partial charge in [-0.3, -0.25) is 0 Å². The largest absolute Gasteiger partial charge is 0.455 e. The zero-order chi connectivity index (χ0) is 27.8. The molecule has 0 aliphatic heterocycles. The van der Waals surface area contributed by atoms with Gasteiger partial charge < -0.3 is 4.42 Å². The van der Waals surface area contributed by atoms with Gasteiger partial charge in [-0.25, -0.2) is 4.68 Å². The van der Waals surface area contributed by atoms with Crippen LogP contribution in [0.1, 0.15) is 22.3 Å². The summed E-state index contributed by atoms with van der Waals surface area (Å²) in [7, 11) is 0. The molecular formula is C35H25BrN4O. The van der Waals surface area contributed by atoms with E-state index in [0.717, 1.165) is 49.0 Å². The van der Waals surface area contributed by atoms with Gasteiger partial charge in [-0.1, -0.05) is 127 Å². The van der Waals surface area contributed by atoms with Crippen molar-refractivity contribution in [1.29, 1.82) is 0 Å². The van der Waals surface area contributed by atoms with E-state index in [1.54, 1.807) is 0 Å². The Morgan fingerprint density at radius 3 is 1.76 bits per heavy atom. The summed E-state index contributed by atoms with van der Waals surface area (Å²) in [5, 5.41) is 14.5. The van der Waals surface area contributed by atoms with Crippen molar-refractivity contribution in [2.45, 2.75) is 12.5 Å².